The maximum absolute atomic E-state index is 12.4. The van der Waals surface area contributed by atoms with Crippen LogP contribution in [0.3, 0.4) is 0 Å². The number of pyridine rings is 1. The highest BCUT2D eigenvalue weighted by Crippen LogP contribution is 2.31. The summed E-state index contributed by atoms with van der Waals surface area (Å²) in [5.41, 5.74) is 9.54. The molecule has 118 valence electrons. The average molecular weight is 329 g/mol. The van der Waals surface area contributed by atoms with E-state index < -0.39 is 15.2 Å². The Bertz CT molecular complexity index is 617. The van der Waals surface area contributed by atoms with E-state index in [0.717, 1.165) is 34.9 Å². The number of hydrogen-bond acceptors (Lipinski definition) is 6. The van der Waals surface area contributed by atoms with Crippen molar-refractivity contribution in [1.29, 1.82) is 0 Å². The third-order valence-corrected chi connectivity index (χ3v) is 7.14. The second kappa shape index (κ2) is 6.54. The smallest absolute Gasteiger partial charge is 0.171 e. The highest BCUT2D eigenvalue weighted by Gasteiger charge is 2.34. The van der Waals surface area contributed by atoms with Crippen molar-refractivity contribution in [3.63, 3.8) is 0 Å². The summed E-state index contributed by atoms with van der Waals surface area (Å²) in [5.74, 6) is 1.70. The van der Waals surface area contributed by atoms with Crippen LogP contribution in [0.4, 0.5) is 5.69 Å². The summed E-state index contributed by atoms with van der Waals surface area (Å²) in [7, 11) is -3.13. The number of thioether (sulfide) groups is 1. The molecule has 1 aromatic heterocycles. The van der Waals surface area contributed by atoms with Crippen LogP contribution in [-0.2, 0) is 16.4 Å². The summed E-state index contributed by atoms with van der Waals surface area (Å²) < 4.78 is 24.8. The van der Waals surface area contributed by atoms with E-state index in [1.54, 1.807) is 18.7 Å². The molecule has 0 saturated carbocycles. The van der Waals surface area contributed by atoms with Crippen LogP contribution in [0.1, 0.15) is 23.9 Å². The van der Waals surface area contributed by atoms with E-state index in [1.807, 2.05) is 24.8 Å². The zero-order valence-corrected chi connectivity index (χ0v) is 14.4. The van der Waals surface area contributed by atoms with Crippen LogP contribution < -0.4 is 10.6 Å². The van der Waals surface area contributed by atoms with Gasteiger partial charge >= 0.3 is 0 Å². The number of nitrogens with two attached hydrogens (primary N) is 1. The predicted molar refractivity (Wildman–Crippen MR) is 89.5 cm³/mol. The molecular formula is C14H23N3O2S2. The number of anilines is 1. The van der Waals surface area contributed by atoms with Crippen molar-refractivity contribution in [2.75, 3.05) is 28.7 Å². The lowest BCUT2D eigenvalue weighted by atomic mass is 10.1. The van der Waals surface area contributed by atoms with Gasteiger partial charge < -0.3 is 10.6 Å². The van der Waals surface area contributed by atoms with E-state index in [9.17, 15) is 8.42 Å². The lowest BCUT2D eigenvalue weighted by Gasteiger charge is -2.37. The highest BCUT2D eigenvalue weighted by molar-refractivity contribution is 8.01. The molecule has 0 amide bonds. The van der Waals surface area contributed by atoms with Gasteiger partial charge in [-0.15, -0.1) is 0 Å². The molecular weight excluding hydrogens is 306 g/mol. The Morgan fingerprint density at radius 3 is 2.81 bits per heavy atom. The maximum atomic E-state index is 12.4. The second-order valence-electron chi connectivity index (χ2n) is 5.23. The number of aromatic nitrogens is 1. The Labute approximate surface area is 131 Å². The van der Waals surface area contributed by atoms with E-state index in [0.29, 0.717) is 12.3 Å². The van der Waals surface area contributed by atoms with Crippen LogP contribution in [-0.4, -0.2) is 42.6 Å². The molecule has 5 nitrogen and oxygen atoms in total. The van der Waals surface area contributed by atoms with Crippen molar-refractivity contribution in [3.8, 4) is 0 Å². The van der Waals surface area contributed by atoms with Gasteiger partial charge in [0.25, 0.3) is 0 Å². The van der Waals surface area contributed by atoms with Gasteiger partial charge in [-0.2, -0.15) is 11.8 Å². The normalized spacial score (nSPS) is 19.8. The summed E-state index contributed by atoms with van der Waals surface area (Å²) in [6.07, 6.45) is 0. The quantitative estimate of drug-likeness (QED) is 0.901. The molecule has 1 aliphatic heterocycles. The second-order valence-corrected chi connectivity index (χ2v) is 8.82. The molecule has 0 radical (unpaired) electrons. The van der Waals surface area contributed by atoms with Gasteiger partial charge in [0.15, 0.2) is 9.84 Å². The molecule has 1 aliphatic rings. The number of nitrogens with zero attached hydrogens (tertiary/aromatic N) is 2. The van der Waals surface area contributed by atoms with Crippen LogP contribution >= 0.6 is 11.8 Å². The van der Waals surface area contributed by atoms with Gasteiger partial charge in [-0.05, 0) is 19.9 Å². The average Bonchev–Trinajstić information content (AvgIpc) is 2.46. The van der Waals surface area contributed by atoms with Crippen molar-refractivity contribution < 1.29 is 8.42 Å². The first kappa shape index (κ1) is 16.6. The van der Waals surface area contributed by atoms with Crippen LogP contribution in [0.25, 0.3) is 0 Å². The molecule has 1 saturated heterocycles. The van der Waals surface area contributed by atoms with E-state index in [2.05, 4.69) is 4.98 Å². The summed E-state index contributed by atoms with van der Waals surface area (Å²) in [5, 5.41) is -0.465. The molecule has 0 aromatic carbocycles. The number of aryl methyl sites for hydroxylation is 2. The van der Waals surface area contributed by atoms with Crippen LogP contribution in [0.2, 0.25) is 0 Å². The fourth-order valence-electron chi connectivity index (χ4n) is 2.69. The van der Waals surface area contributed by atoms with Crippen molar-refractivity contribution >= 4 is 27.3 Å². The van der Waals surface area contributed by atoms with Crippen LogP contribution in [0.15, 0.2) is 6.07 Å². The third-order valence-electron chi connectivity index (χ3n) is 3.85. The van der Waals surface area contributed by atoms with Crippen LogP contribution in [0.5, 0.6) is 0 Å². The van der Waals surface area contributed by atoms with Gasteiger partial charge in [-0.25, -0.2) is 8.42 Å². The van der Waals surface area contributed by atoms with E-state index >= 15 is 0 Å². The minimum Gasteiger partial charge on any atom is -0.353 e. The van der Waals surface area contributed by atoms with Crippen LogP contribution in [0, 0.1) is 13.8 Å². The van der Waals surface area contributed by atoms with Gasteiger partial charge in [0.2, 0.25) is 0 Å². The molecule has 0 bridgehead atoms. The summed E-state index contributed by atoms with van der Waals surface area (Å²) in [6, 6.07) is 1.96. The minimum absolute atomic E-state index is 0.162. The minimum atomic E-state index is -3.13. The van der Waals surface area contributed by atoms with Crippen molar-refractivity contribution in [2.24, 2.45) is 5.73 Å². The lowest BCUT2D eigenvalue weighted by Crippen LogP contribution is -2.48. The first-order chi connectivity index (χ1) is 9.90. The molecule has 7 heteroatoms. The van der Waals surface area contributed by atoms with Gasteiger partial charge in [0, 0.05) is 53.0 Å². The van der Waals surface area contributed by atoms with E-state index in [-0.39, 0.29) is 5.75 Å². The SMILES string of the molecule is CCS(=O)(=O)C1CSCCN1c1cc(C)nc(C)c1CN. The van der Waals surface area contributed by atoms with Gasteiger partial charge in [0.1, 0.15) is 5.37 Å². The summed E-state index contributed by atoms with van der Waals surface area (Å²) >= 11 is 1.70. The Hall–Kier alpha value is -0.790. The number of rotatable bonds is 4. The zero-order chi connectivity index (χ0) is 15.6. The van der Waals surface area contributed by atoms with Gasteiger partial charge in [-0.3, -0.25) is 4.98 Å². The molecule has 1 unspecified atom stereocenters. The lowest BCUT2D eigenvalue weighted by molar-refractivity contribution is 0.579. The fourth-order valence-corrected chi connectivity index (χ4v) is 5.67. The van der Waals surface area contributed by atoms with E-state index in [4.69, 9.17) is 5.73 Å². The van der Waals surface area contributed by atoms with Crippen molar-refractivity contribution in [3.05, 3.63) is 23.0 Å². The Kier molecular flexibility index (Phi) is 5.16. The van der Waals surface area contributed by atoms with E-state index in [1.165, 1.54) is 0 Å². The molecule has 1 atom stereocenters. The standard InChI is InChI=1S/C14H23N3O2S2/c1-4-21(18,19)14-9-20-6-5-17(14)13-7-10(2)16-11(3)12(13)8-15/h7,14H,4-6,8-9,15H2,1-3H3. The maximum Gasteiger partial charge on any atom is 0.171 e. The Morgan fingerprint density at radius 2 is 2.19 bits per heavy atom. The fraction of sp³-hybridized carbons (Fsp3) is 0.643. The van der Waals surface area contributed by atoms with Crippen molar-refractivity contribution in [1.82, 2.24) is 4.98 Å². The molecule has 2 heterocycles. The molecule has 2 rings (SSSR count). The first-order valence-corrected chi connectivity index (χ1v) is 10.0. The number of hydrogen-bond donors (Lipinski definition) is 1. The summed E-state index contributed by atoms with van der Waals surface area (Å²) in [6.45, 7) is 6.67. The van der Waals surface area contributed by atoms with Gasteiger partial charge in [0.05, 0.1) is 0 Å². The molecule has 1 fully saturated rings. The molecule has 1 aromatic rings. The largest absolute Gasteiger partial charge is 0.353 e. The third kappa shape index (κ3) is 3.35. The molecule has 0 aliphatic carbocycles. The monoisotopic (exact) mass is 329 g/mol. The highest BCUT2D eigenvalue weighted by atomic mass is 32.2. The Morgan fingerprint density at radius 1 is 1.48 bits per heavy atom. The molecule has 21 heavy (non-hydrogen) atoms. The topological polar surface area (TPSA) is 76.3 Å². The molecule has 0 spiro atoms. The first-order valence-electron chi connectivity index (χ1n) is 7.13. The zero-order valence-electron chi connectivity index (χ0n) is 12.8. The Balaban J connectivity index is 2.52. The molecule has 2 N–H and O–H groups in total. The number of sulfone groups is 1. The predicted octanol–water partition coefficient (Wildman–Crippen LogP) is 1.47. The van der Waals surface area contributed by atoms with Gasteiger partial charge in [-0.1, -0.05) is 6.92 Å². The summed E-state index contributed by atoms with van der Waals surface area (Å²) in [4.78, 5) is 6.46. The van der Waals surface area contributed by atoms with Crippen molar-refractivity contribution in [2.45, 2.75) is 32.7 Å².